The highest BCUT2D eigenvalue weighted by Crippen LogP contribution is 2.48. The van der Waals surface area contributed by atoms with Crippen molar-refractivity contribution in [1.82, 2.24) is 0 Å². The third-order valence-electron chi connectivity index (χ3n) is 5.62. The number of nitrogens with zero attached hydrogens (tertiary/aromatic N) is 1. The summed E-state index contributed by atoms with van der Waals surface area (Å²) >= 11 is 3.23. The standard InChI is InChI=1S/C20H19BrFNO3/c1-20(2)6-5-13-18(19(20)25)16(10-3-4-12(22)11(21)7-10)17-14(23-13)8-26-9-15(17)24/h3-4,7,16,18H,5-6,8-9H2,1-2H3. The van der Waals surface area contributed by atoms with Crippen molar-refractivity contribution in [2.45, 2.75) is 32.6 Å². The smallest absolute Gasteiger partial charge is 0.187 e. The van der Waals surface area contributed by atoms with Crippen LogP contribution >= 0.6 is 15.9 Å². The second-order valence-electron chi connectivity index (χ2n) is 7.76. The third kappa shape index (κ3) is 2.70. The zero-order chi connectivity index (χ0) is 18.6. The topological polar surface area (TPSA) is 55.7 Å². The molecule has 2 heterocycles. The van der Waals surface area contributed by atoms with Crippen LogP contribution in [0.3, 0.4) is 0 Å². The number of carbonyl (C=O) groups is 2. The first kappa shape index (κ1) is 17.7. The molecule has 0 radical (unpaired) electrons. The number of aliphatic imine (C=N–C) groups is 1. The molecule has 4 rings (SSSR count). The molecule has 2 unspecified atom stereocenters. The summed E-state index contributed by atoms with van der Waals surface area (Å²) in [7, 11) is 0. The highest BCUT2D eigenvalue weighted by atomic mass is 79.9. The maximum atomic E-state index is 13.8. The first-order valence-corrected chi connectivity index (χ1v) is 9.49. The lowest BCUT2D eigenvalue weighted by Gasteiger charge is -2.42. The molecule has 1 aromatic rings. The van der Waals surface area contributed by atoms with Gasteiger partial charge in [-0.2, -0.15) is 0 Å². The Morgan fingerprint density at radius 2 is 2.00 bits per heavy atom. The monoisotopic (exact) mass is 419 g/mol. The lowest BCUT2D eigenvalue weighted by atomic mass is 9.61. The Bertz CT molecular complexity index is 887. The molecule has 1 fully saturated rings. The number of carbonyl (C=O) groups excluding carboxylic acids is 2. The van der Waals surface area contributed by atoms with Crippen molar-refractivity contribution >= 4 is 33.2 Å². The minimum atomic E-state index is -0.475. The van der Waals surface area contributed by atoms with Crippen molar-refractivity contribution in [3.05, 3.63) is 45.3 Å². The molecule has 0 N–H and O–H groups in total. The van der Waals surface area contributed by atoms with Crippen molar-refractivity contribution in [2.24, 2.45) is 16.3 Å². The molecule has 0 amide bonds. The molecule has 6 heteroatoms. The van der Waals surface area contributed by atoms with Crippen molar-refractivity contribution in [3.63, 3.8) is 0 Å². The fourth-order valence-corrected chi connectivity index (χ4v) is 4.56. The molecule has 26 heavy (non-hydrogen) atoms. The van der Waals surface area contributed by atoms with E-state index in [2.05, 4.69) is 20.9 Å². The van der Waals surface area contributed by atoms with E-state index >= 15 is 0 Å². The molecule has 0 aromatic heterocycles. The molecule has 1 aliphatic carbocycles. The molecular formula is C20H19BrFNO3. The van der Waals surface area contributed by atoms with E-state index in [0.717, 1.165) is 17.7 Å². The predicted octanol–water partition coefficient (Wildman–Crippen LogP) is 3.99. The van der Waals surface area contributed by atoms with Gasteiger partial charge in [0.05, 0.1) is 22.7 Å². The summed E-state index contributed by atoms with van der Waals surface area (Å²) in [5.74, 6) is -1.33. The van der Waals surface area contributed by atoms with Crippen molar-refractivity contribution < 1.29 is 18.7 Å². The number of rotatable bonds is 1. The van der Waals surface area contributed by atoms with E-state index in [1.54, 1.807) is 12.1 Å². The molecule has 4 nitrogen and oxygen atoms in total. The van der Waals surface area contributed by atoms with Crippen LogP contribution in [0.5, 0.6) is 0 Å². The molecule has 0 spiro atoms. The lowest BCUT2D eigenvalue weighted by Crippen LogP contribution is -2.47. The highest BCUT2D eigenvalue weighted by molar-refractivity contribution is 9.10. The van der Waals surface area contributed by atoms with Gasteiger partial charge >= 0.3 is 0 Å². The highest BCUT2D eigenvalue weighted by Gasteiger charge is 2.50. The average Bonchev–Trinajstić information content (AvgIpc) is 2.60. The number of benzene rings is 1. The van der Waals surface area contributed by atoms with Crippen LogP contribution in [0.2, 0.25) is 0 Å². The molecule has 3 aliphatic rings. The maximum Gasteiger partial charge on any atom is 0.187 e. The van der Waals surface area contributed by atoms with Crippen LogP contribution in [0.25, 0.3) is 0 Å². The van der Waals surface area contributed by atoms with E-state index in [9.17, 15) is 14.0 Å². The summed E-state index contributed by atoms with van der Waals surface area (Å²) in [4.78, 5) is 30.6. The number of ketones is 2. The summed E-state index contributed by atoms with van der Waals surface area (Å²) in [5, 5.41) is 0. The van der Waals surface area contributed by atoms with Gasteiger partial charge in [0.1, 0.15) is 18.2 Å². The van der Waals surface area contributed by atoms with Crippen LogP contribution < -0.4 is 0 Å². The van der Waals surface area contributed by atoms with Gasteiger partial charge in [0.25, 0.3) is 0 Å². The van der Waals surface area contributed by atoms with Gasteiger partial charge in [-0.15, -0.1) is 0 Å². The molecule has 0 saturated heterocycles. The van der Waals surface area contributed by atoms with E-state index in [1.165, 1.54) is 6.07 Å². The summed E-state index contributed by atoms with van der Waals surface area (Å²) < 4.78 is 19.5. The number of hydrogen-bond donors (Lipinski definition) is 0. The molecule has 1 saturated carbocycles. The lowest BCUT2D eigenvalue weighted by molar-refractivity contribution is -0.131. The zero-order valence-corrected chi connectivity index (χ0v) is 16.2. The Morgan fingerprint density at radius 3 is 2.73 bits per heavy atom. The number of fused-ring (bicyclic) bond motifs is 1. The van der Waals surface area contributed by atoms with Gasteiger partial charge in [0, 0.05) is 22.6 Å². The van der Waals surface area contributed by atoms with E-state index in [4.69, 9.17) is 4.74 Å². The number of hydrogen-bond acceptors (Lipinski definition) is 4. The van der Waals surface area contributed by atoms with Crippen molar-refractivity contribution in [3.8, 4) is 0 Å². The van der Waals surface area contributed by atoms with Gasteiger partial charge in [-0.05, 0) is 46.5 Å². The maximum absolute atomic E-state index is 13.8. The molecular weight excluding hydrogens is 401 g/mol. The predicted molar refractivity (Wildman–Crippen MR) is 98.6 cm³/mol. The normalized spacial score (nSPS) is 27.8. The zero-order valence-electron chi connectivity index (χ0n) is 14.6. The fourth-order valence-electron chi connectivity index (χ4n) is 4.17. The van der Waals surface area contributed by atoms with Crippen molar-refractivity contribution in [2.75, 3.05) is 13.2 Å². The van der Waals surface area contributed by atoms with Crippen molar-refractivity contribution in [1.29, 1.82) is 0 Å². The number of Topliss-reactive ketones (excluding diaryl/α,β-unsaturated/α-hetero) is 2. The fraction of sp³-hybridized carbons (Fsp3) is 0.450. The Balaban J connectivity index is 1.92. The van der Waals surface area contributed by atoms with Crippen LogP contribution in [-0.2, 0) is 14.3 Å². The Morgan fingerprint density at radius 1 is 1.23 bits per heavy atom. The van der Waals surface area contributed by atoms with Crippen LogP contribution in [0.4, 0.5) is 4.39 Å². The second-order valence-corrected chi connectivity index (χ2v) is 8.61. The Labute approximate surface area is 159 Å². The summed E-state index contributed by atoms with van der Waals surface area (Å²) in [6, 6.07) is 4.70. The first-order chi connectivity index (χ1) is 12.3. The second kappa shape index (κ2) is 6.20. The van der Waals surface area contributed by atoms with Crippen LogP contribution in [-0.4, -0.2) is 30.5 Å². The average molecular weight is 420 g/mol. The van der Waals surface area contributed by atoms with Gasteiger partial charge in [0.2, 0.25) is 0 Å². The quantitative estimate of drug-likeness (QED) is 0.691. The van der Waals surface area contributed by atoms with E-state index in [0.29, 0.717) is 22.2 Å². The Kier molecular flexibility index (Phi) is 4.23. The molecule has 0 bridgehead atoms. The molecule has 2 aliphatic heterocycles. The molecule has 2 atom stereocenters. The molecule has 1 aromatic carbocycles. The van der Waals surface area contributed by atoms with Gasteiger partial charge < -0.3 is 4.74 Å². The first-order valence-electron chi connectivity index (χ1n) is 8.70. The van der Waals surface area contributed by atoms with Crippen LogP contribution in [0.1, 0.15) is 38.2 Å². The van der Waals surface area contributed by atoms with Gasteiger partial charge in [-0.1, -0.05) is 19.9 Å². The van der Waals surface area contributed by atoms with Gasteiger partial charge in [0.15, 0.2) is 5.78 Å². The third-order valence-corrected chi connectivity index (χ3v) is 6.23. The summed E-state index contributed by atoms with van der Waals surface area (Å²) in [5.41, 5.74) is 2.27. The SMILES string of the molecule is CC1(C)CCC2=NC3=C(C(=O)COC3)C(c3ccc(F)c(Br)c3)C2C1=O. The number of halogens is 2. The largest absolute Gasteiger partial charge is 0.367 e. The van der Waals surface area contributed by atoms with E-state index < -0.39 is 17.3 Å². The van der Waals surface area contributed by atoms with E-state index in [1.807, 2.05) is 13.8 Å². The van der Waals surface area contributed by atoms with Crippen LogP contribution in [0.15, 0.2) is 38.9 Å². The summed E-state index contributed by atoms with van der Waals surface area (Å²) in [6.07, 6.45) is 1.45. The van der Waals surface area contributed by atoms with E-state index in [-0.39, 0.29) is 30.6 Å². The number of ether oxygens (including phenoxy) is 1. The summed E-state index contributed by atoms with van der Waals surface area (Å²) in [6.45, 7) is 4.15. The van der Waals surface area contributed by atoms with Crippen LogP contribution in [0, 0.1) is 17.2 Å². The molecule has 136 valence electrons. The van der Waals surface area contributed by atoms with Gasteiger partial charge in [-0.3, -0.25) is 14.6 Å². The van der Waals surface area contributed by atoms with Gasteiger partial charge in [-0.25, -0.2) is 4.39 Å². The Hall–Kier alpha value is -1.66. The minimum absolute atomic E-state index is 0.00709. The minimum Gasteiger partial charge on any atom is -0.367 e.